The number of benzene rings is 1. The maximum Gasteiger partial charge on any atom is 0.0669 e. The van der Waals surface area contributed by atoms with E-state index in [1.54, 1.807) is 0 Å². The SMILES string of the molecule is CN(C)c1ccc(CC#N)cc1Cl. The molecule has 0 fully saturated rings. The summed E-state index contributed by atoms with van der Waals surface area (Å²) in [5.74, 6) is 0. The molecule has 0 heterocycles. The first-order valence-electron chi connectivity index (χ1n) is 3.98. The summed E-state index contributed by atoms with van der Waals surface area (Å²) in [5.41, 5.74) is 1.93. The van der Waals surface area contributed by atoms with Crippen LogP contribution >= 0.6 is 11.6 Å². The lowest BCUT2D eigenvalue weighted by molar-refractivity contribution is 1.13. The van der Waals surface area contributed by atoms with Crippen LogP contribution in [0, 0.1) is 11.3 Å². The minimum Gasteiger partial charge on any atom is -0.376 e. The lowest BCUT2D eigenvalue weighted by Crippen LogP contribution is -2.09. The van der Waals surface area contributed by atoms with E-state index in [-0.39, 0.29) is 0 Å². The first-order valence-corrected chi connectivity index (χ1v) is 4.35. The highest BCUT2D eigenvalue weighted by Crippen LogP contribution is 2.25. The van der Waals surface area contributed by atoms with Gasteiger partial charge in [0.25, 0.3) is 0 Å². The van der Waals surface area contributed by atoms with Crippen molar-refractivity contribution in [3.05, 3.63) is 28.8 Å². The molecule has 0 saturated carbocycles. The zero-order valence-electron chi connectivity index (χ0n) is 7.71. The Morgan fingerprint density at radius 3 is 2.62 bits per heavy atom. The molecule has 0 unspecified atom stereocenters. The molecule has 0 N–H and O–H groups in total. The smallest absolute Gasteiger partial charge is 0.0669 e. The third-order valence-electron chi connectivity index (χ3n) is 1.78. The molecule has 0 aromatic heterocycles. The van der Waals surface area contributed by atoms with Crippen molar-refractivity contribution in [2.75, 3.05) is 19.0 Å². The van der Waals surface area contributed by atoms with Crippen LogP contribution in [0.2, 0.25) is 5.02 Å². The Balaban J connectivity index is 3.00. The molecular formula is C10H11ClN2. The van der Waals surface area contributed by atoms with Gasteiger partial charge in [-0.25, -0.2) is 0 Å². The summed E-state index contributed by atoms with van der Waals surface area (Å²) in [7, 11) is 3.87. The molecule has 0 saturated heterocycles. The Morgan fingerprint density at radius 1 is 1.46 bits per heavy atom. The van der Waals surface area contributed by atoms with Crippen molar-refractivity contribution in [2.45, 2.75) is 6.42 Å². The van der Waals surface area contributed by atoms with E-state index in [1.807, 2.05) is 37.2 Å². The Kier molecular flexibility index (Phi) is 3.16. The van der Waals surface area contributed by atoms with Crippen molar-refractivity contribution in [3.63, 3.8) is 0 Å². The fourth-order valence-electron chi connectivity index (χ4n) is 1.11. The summed E-state index contributed by atoms with van der Waals surface area (Å²) >= 11 is 6.01. The van der Waals surface area contributed by atoms with Crippen LogP contribution in [0.1, 0.15) is 5.56 Å². The largest absolute Gasteiger partial charge is 0.376 e. The van der Waals surface area contributed by atoms with E-state index in [0.717, 1.165) is 11.3 Å². The number of nitrogens with zero attached hydrogens (tertiary/aromatic N) is 2. The minimum atomic E-state index is 0.410. The molecule has 68 valence electrons. The van der Waals surface area contributed by atoms with Gasteiger partial charge >= 0.3 is 0 Å². The molecule has 0 bridgehead atoms. The Bertz CT molecular complexity index is 339. The van der Waals surface area contributed by atoms with Gasteiger partial charge in [-0.3, -0.25) is 0 Å². The van der Waals surface area contributed by atoms with Crippen molar-refractivity contribution in [2.24, 2.45) is 0 Å². The van der Waals surface area contributed by atoms with E-state index in [2.05, 4.69) is 6.07 Å². The van der Waals surface area contributed by atoms with Gasteiger partial charge in [0.15, 0.2) is 0 Å². The van der Waals surface area contributed by atoms with E-state index in [4.69, 9.17) is 16.9 Å². The number of halogens is 1. The van der Waals surface area contributed by atoms with Crippen molar-refractivity contribution in [3.8, 4) is 6.07 Å². The number of anilines is 1. The van der Waals surface area contributed by atoms with E-state index in [9.17, 15) is 0 Å². The van der Waals surface area contributed by atoms with Crippen LogP contribution in [0.3, 0.4) is 0 Å². The van der Waals surface area contributed by atoms with Crippen LogP contribution in [0.15, 0.2) is 18.2 Å². The standard InChI is InChI=1S/C10H11ClN2/c1-13(2)10-4-3-8(5-6-12)7-9(10)11/h3-4,7H,5H2,1-2H3. The van der Waals surface area contributed by atoms with Gasteiger partial charge in [-0.2, -0.15) is 5.26 Å². The summed E-state index contributed by atoms with van der Waals surface area (Å²) in [6, 6.07) is 7.77. The first-order chi connectivity index (χ1) is 6.15. The second-order valence-electron chi connectivity index (χ2n) is 3.02. The molecule has 13 heavy (non-hydrogen) atoms. The fraction of sp³-hybridized carbons (Fsp3) is 0.300. The lowest BCUT2D eigenvalue weighted by Gasteiger charge is -2.14. The van der Waals surface area contributed by atoms with Gasteiger partial charge in [0.1, 0.15) is 0 Å². The molecule has 0 aliphatic carbocycles. The van der Waals surface area contributed by atoms with Crippen LogP contribution in [0.25, 0.3) is 0 Å². The highest BCUT2D eigenvalue weighted by molar-refractivity contribution is 6.33. The number of hydrogen-bond donors (Lipinski definition) is 0. The summed E-state index contributed by atoms with van der Waals surface area (Å²) in [5, 5.41) is 9.18. The van der Waals surface area contributed by atoms with Crippen molar-refractivity contribution >= 4 is 17.3 Å². The quantitative estimate of drug-likeness (QED) is 0.723. The molecule has 0 amide bonds. The molecule has 0 atom stereocenters. The molecule has 0 aliphatic heterocycles. The Labute approximate surface area is 83.3 Å². The Hall–Kier alpha value is -1.20. The number of hydrogen-bond acceptors (Lipinski definition) is 2. The van der Waals surface area contributed by atoms with E-state index < -0.39 is 0 Å². The number of rotatable bonds is 2. The molecule has 1 aromatic rings. The summed E-state index contributed by atoms with van der Waals surface area (Å²) in [6.45, 7) is 0. The topological polar surface area (TPSA) is 27.0 Å². The van der Waals surface area contributed by atoms with E-state index in [1.165, 1.54) is 0 Å². The molecule has 3 heteroatoms. The third kappa shape index (κ3) is 2.37. The van der Waals surface area contributed by atoms with Crippen LogP contribution in [0.4, 0.5) is 5.69 Å². The minimum absolute atomic E-state index is 0.410. The predicted molar refractivity (Wildman–Crippen MR) is 55.1 cm³/mol. The molecular weight excluding hydrogens is 184 g/mol. The average Bonchev–Trinajstić information content (AvgIpc) is 2.04. The van der Waals surface area contributed by atoms with Gasteiger partial charge in [-0.1, -0.05) is 17.7 Å². The van der Waals surface area contributed by atoms with Gasteiger partial charge in [0.05, 0.1) is 23.2 Å². The molecule has 0 spiro atoms. The van der Waals surface area contributed by atoms with Crippen LogP contribution in [-0.4, -0.2) is 14.1 Å². The monoisotopic (exact) mass is 194 g/mol. The maximum atomic E-state index is 8.49. The number of nitriles is 1. The lowest BCUT2D eigenvalue weighted by atomic mass is 10.1. The second kappa shape index (κ2) is 4.15. The molecule has 0 aliphatic rings. The van der Waals surface area contributed by atoms with Crippen LogP contribution in [0.5, 0.6) is 0 Å². The van der Waals surface area contributed by atoms with Crippen LogP contribution in [-0.2, 0) is 6.42 Å². The van der Waals surface area contributed by atoms with Gasteiger partial charge in [0.2, 0.25) is 0 Å². The zero-order valence-corrected chi connectivity index (χ0v) is 8.47. The summed E-state index contributed by atoms with van der Waals surface area (Å²) < 4.78 is 0. The van der Waals surface area contributed by atoms with Gasteiger partial charge in [-0.15, -0.1) is 0 Å². The van der Waals surface area contributed by atoms with E-state index >= 15 is 0 Å². The van der Waals surface area contributed by atoms with Crippen molar-refractivity contribution < 1.29 is 0 Å². The zero-order chi connectivity index (χ0) is 9.84. The summed E-state index contributed by atoms with van der Waals surface area (Å²) in [4.78, 5) is 1.94. The normalized spacial score (nSPS) is 9.38. The average molecular weight is 195 g/mol. The molecule has 0 radical (unpaired) electrons. The second-order valence-corrected chi connectivity index (χ2v) is 3.42. The predicted octanol–water partition coefficient (Wildman–Crippen LogP) is 2.47. The fourth-order valence-corrected chi connectivity index (χ4v) is 1.49. The first kappa shape index (κ1) is 9.88. The van der Waals surface area contributed by atoms with Crippen LogP contribution < -0.4 is 4.90 Å². The van der Waals surface area contributed by atoms with Crippen molar-refractivity contribution in [1.29, 1.82) is 5.26 Å². The van der Waals surface area contributed by atoms with Gasteiger partial charge in [-0.05, 0) is 17.7 Å². The Morgan fingerprint density at radius 2 is 2.15 bits per heavy atom. The van der Waals surface area contributed by atoms with Gasteiger partial charge < -0.3 is 4.90 Å². The van der Waals surface area contributed by atoms with E-state index in [0.29, 0.717) is 11.4 Å². The third-order valence-corrected chi connectivity index (χ3v) is 2.08. The van der Waals surface area contributed by atoms with Crippen molar-refractivity contribution in [1.82, 2.24) is 0 Å². The molecule has 2 nitrogen and oxygen atoms in total. The summed E-state index contributed by atoms with van der Waals surface area (Å²) in [6.07, 6.45) is 0.410. The maximum absolute atomic E-state index is 8.49. The molecule has 1 aromatic carbocycles. The van der Waals surface area contributed by atoms with Gasteiger partial charge in [0, 0.05) is 14.1 Å². The molecule has 1 rings (SSSR count). The highest BCUT2D eigenvalue weighted by Gasteiger charge is 2.02. The highest BCUT2D eigenvalue weighted by atomic mass is 35.5.